The van der Waals surface area contributed by atoms with E-state index >= 15 is 0 Å². The van der Waals surface area contributed by atoms with E-state index in [4.69, 9.17) is 11.1 Å². The third-order valence-corrected chi connectivity index (χ3v) is 1.72. The Balaban J connectivity index is 0.00000169. The van der Waals surface area contributed by atoms with E-state index in [1.54, 1.807) is 0 Å². The number of hydrogen-bond donors (Lipinski definition) is 2. The molecular formula is C9H11FN2O. The number of Topliss-reactive ketones (excluding diaryl/α,β-unsaturated/α-hetero) is 1. The Morgan fingerprint density at radius 2 is 2.31 bits per heavy atom. The van der Waals surface area contributed by atoms with Crippen LogP contribution in [0.3, 0.4) is 0 Å². The summed E-state index contributed by atoms with van der Waals surface area (Å²) in [5.41, 5.74) is 5.68. The van der Waals surface area contributed by atoms with Crippen LogP contribution >= 0.6 is 0 Å². The minimum absolute atomic E-state index is 0. The Morgan fingerprint density at radius 1 is 1.69 bits per heavy atom. The number of ketones is 1. The number of rotatable bonds is 2. The summed E-state index contributed by atoms with van der Waals surface area (Å²) >= 11 is 0. The molecule has 0 unspecified atom stereocenters. The maximum Gasteiger partial charge on any atom is 0.159 e. The van der Waals surface area contributed by atoms with Crippen LogP contribution in [0, 0.1) is 11.2 Å². The maximum absolute atomic E-state index is 13.0. The number of benzene rings is 1. The second-order valence-electron chi connectivity index (χ2n) is 2.66. The zero-order chi connectivity index (χ0) is 10.0. The lowest BCUT2D eigenvalue weighted by atomic mass is 10.1. The molecule has 0 radical (unpaired) electrons. The van der Waals surface area contributed by atoms with E-state index in [1.807, 2.05) is 0 Å². The molecular weight excluding hydrogens is 171 g/mol. The van der Waals surface area contributed by atoms with Crippen LogP contribution in [-0.4, -0.2) is 12.0 Å². The van der Waals surface area contributed by atoms with Crippen molar-refractivity contribution in [1.29, 1.82) is 5.41 Å². The van der Waals surface area contributed by atoms with Gasteiger partial charge in [0, 0.05) is 18.8 Å². The highest BCUT2D eigenvalue weighted by Gasteiger charge is 2.08. The second-order valence-corrected chi connectivity index (χ2v) is 2.66. The van der Waals surface area contributed by atoms with Gasteiger partial charge in [-0.1, -0.05) is 0 Å². The van der Waals surface area contributed by atoms with Crippen molar-refractivity contribution < 1.29 is 10.6 Å². The first-order chi connectivity index (χ1) is 6.06. The third kappa shape index (κ3) is 1.72. The lowest BCUT2D eigenvalue weighted by Crippen LogP contribution is -2.01. The van der Waals surface area contributed by atoms with Crippen molar-refractivity contribution in [3.63, 3.8) is 0 Å². The van der Waals surface area contributed by atoms with Crippen molar-refractivity contribution in [2.45, 2.75) is 6.92 Å². The first kappa shape index (κ1) is 9.38. The second kappa shape index (κ2) is 3.35. The first-order valence-electron chi connectivity index (χ1n) is 3.66. The van der Waals surface area contributed by atoms with Crippen molar-refractivity contribution in [3.8, 4) is 0 Å². The Labute approximate surface area is 76.4 Å². The SMILES string of the molecule is CC(=O)c1cc(F)c(N)c(C=N)c1.[HH]. The van der Waals surface area contributed by atoms with Crippen LogP contribution in [0.2, 0.25) is 0 Å². The third-order valence-electron chi connectivity index (χ3n) is 1.72. The van der Waals surface area contributed by atoms with Gasteiger partial charge in [-0.25, -0.2) is 4.39 Å². The van der Waals surface area contributed by atoms with Gasteiger partial charge in [-0.05, 0) is 19.1 Å². The van der Waals surface area contributed by atoms with Gasteiger partial charge in [-0.15, -0.1) is 0 Å². The van der Waals surface area contributed by atoms with Gasteiger partial charge in [0.25, 0.3) is 0 Å². The summed E-state index contributed by atoms with van der Waals surface area (Å²) in [4.78, 5) is 10.9. The van der Waals surface area contributed by atoms with Crippen molar-refractivity contribution in [2.24, 2.45) is 0 Å². The number of anilines is 1. The zero-order valence-corrected chi connectivity index (χ0v) is 7.10. The fourth-order valence-electron chi connectivity index (χ4n) is 0.962. The highest BCUT2D eigenvalue weighted by Crippen LogP contribution is 2.17. The summed E-state index contributed by atoms with van der Waals surface area (Å²) in [7, 11) is 0. The van der Waals surface area contributed by atoms with Gasteiger partial charge >= 0.3 is 0 Å². The van der Waals surface area contributed by atoms with Crippen molar-refractivity contribution in [2.75, 3.05) is 5.73 Å². The van der Waals surface area contributed by atoms with Crippen LogP contribution in [0.1, 0.15) is 24.3 Å². The van der Waals surface area contributed by atoms with Crippen LogP contribution < -0.4 is 5.73 Å². The fraction of sp³-hybridized carbons (Fsp3) is 0.111. The summed E-state index contributed by atoms with van der Waals surface area (Å²) in [6.07, 6.45) is 0.921. The number of carbonyl (C=O) groups excluding carboxylic acids is 1. The monoisotopic (exact) mass is 182 g/mol. The molecule has 1 aromatic carbocycles. The van der Waals surface area contributed by atoms with Gasteiger partial charge in [0.15, 0.2) is 5.78 Å². The molecule has 0 saturated heterocycles. The summed E-state index contributed by atoms with van der Waals surface area (Å²) < 4.78 is 13.0. The Morgan fingerprint density at radius 3 is 2.77 bits per heavy atom. The van der Waals surface area contributed by atoms with Gasteiger partial charge in [0.05, 0.1) is 5.69 Å². The number of nitrogen functional groups attached to an aromatic ring is 1. The van der Waals surface area contributed by atoms with E-state index in [2.05, 4.69) is 0 Å². The average Bonchev–Trinajstić information content (AvgIpc) is 2.09. The quantitative estimate of drug-likeness (QED) is 0.416. The Kier molecular flexibility index (Phi) is 2.41. The van der Waals surface area contributed by atoms with Crippen LogP contribution in [0.25, 0.3) is 0 Å². The minimum atomic E-state index is -0.661. The van der Waals surface area contributed by atoms with E-state index in [-0.39, 0.29) is 24.0 Å². The van der Waals surface area contributed by atoms with E-state index in [0.29, 0.717) is 0 Å². The minimum Gasteiger partial charge on any atom is -0.396 e. The van der Waals surface area contributed by atoms with Crippen molar-refractivity contribution in [3.05, 3.63) is 29.1 Å². The molecule has 0 aliphatic heterocycles. The van der Waals surface area contributed by atoms with Gasteiger partial charge in [-0.2, -0.15) is 0 Å². The number of carbonyl (C=O) groups is 1. The highest BCUT2D eigenvalue weighted by molar-refractivity contribution is 5.97. The van der Waals surface area contributed by atoms with Crippen LogP contribution in [0.15, 0.2) is 12.1 Å². The van der Waals surface area contributed by atoms with Crippen molar-refractivity contribution in [1.82, 2.24) is 0 Å². The molecule has 0 aromatic heterocycles. The van der Waals surface area contributed by atoms with E-state index in [0.717, 1.165) is 12.3 Å². The molecule has 0 spiro atoms. The largest absolute Gasteiger partial charge is 0.396 e. The molecule has 0 heterocycles. The lowest BCUT2D eigenvalue weighted by Gasteiger charge is -2.03. The van der Waals surface area contributed by atoms with Gasteiger partial charge in [0.2, 0.25) is 0 Å². The summed E-state index contributed by atoms with van der Waals surface area (Å²) in [5.74, 6) is -0.909. The molecule has 3 N–H and O–H groups in total. The summed E-state index contributed by atoms with van der Waals surface area (Å²) in [6.45, 7) is 1.33. The zero-order valence-electron chi connectivity index (χ0n) is 7.10. The summed E-state index contributed by atoms with van der Waals surface area (Å²) in [5, 5.41) is 6.94. The number of hydrogen-bond acceptors (Lipinski definition) is 3. The fourth-order valence-corrected chi connectivity index (χ4v) is 0.962. The molecule has 3 nitrogen and oxygen atoms in total. The maximum atomic E-state index is 13.0. The average molecular weight is 182 g/mol. The molecule has 0 aliphatic rings. The molecule has 0 amide bonds. The topological polar surface area (TPSA) is 66.9 Å². The molecule has 0 fully saturated rings. The van der Waals surface area contributed by atoms with Crippen LogP contribution in [0.5, 0.6) is 0 Å². The molecule has 13 heavy (non-hydrogen) atoms. The normalized spacial score (nSPS) is 9.69. The van der Waals surface area contributed by atoms with E-state index in [1.165, 1.54) is 13.0 Å². The van der Waals surface area contributed by atoms with E-state index in [9.17, 15) is 9.18 Å². The molecule has 0 atom stereocenters. The van der Waals surface area contributed by atoms with Gasteiger partial charge in [-0.3, -0.25) is 4.79 Å². The number of nitrogens with two attached hydrogens (primary N) is 1. The predicted molar refractivity (Wildman–Crippen MR) is 50.8 cm³/mol. The van der Waals surface area contributed by atoms with Crippen LogP contribution in [0.4, 0.5) is 10.1 Å². The highest BCUT2D eigenvalue weighted by atomic mass is 19.1. The Hall–Kier alpha value is -1.71. The smallest absolute Gasteiger partial charge is 0.159 e. The molecule has 0 aliphatic carbocycles. The molecule has 0 bridgehead atoms. The lowest BCUT2D eigenvalue weighted by molar-refractivity contribution is 0.101. The van der Waals surface area contributed by atoms with E-state index < -0.39 is 5.82 Å². The number of nitrogens with one attached hydrogen (secondary N) is 1. The van der Waals surface area contributed by atoms with Gasteiger partial charge < -0.3 is 11.1 Å². The predicted octanol–water partition coefficient (Wildman–Crippen LogP) is 1.85. The molecule has 1 aromatic rings. The first-order valence-corrected chi connectivity index (χ1v) is 3.66. The van der Waals surface area contributed by atoms with Crippen molar-refractivity contribution >= 4 is 17.7 Å². The van der Waals surface area contributed by atoms with Gasteiger partial charge in [0.1, 0.15) is 5.82 Å². The summed E-state index contributed by atoms with van der Waals surface area (Å²) in [6, 6.07) is 2.47. The molecule has 70 valence electrons. The Bertz CT molecular complexity index is 379. The molecule has 4 heteroatoms. The molecule has 0 saturated carbocycles. The van der Waals surface area contributed by atoms with Crippen LogP contribution in [-0.2, 0) is 0 Å². The standard InChI is InChI=1S/C9H9FN2O.H2/c1-5(13)6-2-7(4-11)9(12)8(10)3-6;/h2-4,11H,12H2,1H3;1H. The number of halogens is 1. The molecule has 1 rings (SSSR count).